The van der Waals surface area contributed by atoms with Crippen LogP contribution in [-0.4, -0.2) is 58.1 Å². The van der Waals surface area contributed by atoms with Gasteiger partial charge in [-0.2, -0.15) is 0 Å². The molecule has 164 valence electrons. The third-order valence-corrected chi connectivity index (χ3v) is 5.43. The first-order valence-corrected chi connectivity index (χ1v) is 11.0. The second-order valence-electron chi connectivity index (χ2n) is 8.80. The molecule has 0 aliphatic carbocycles. The van der Waals surface area contributed by atoms with Crippen molar-refractivity contribution < 1.29 is 9.53 Å². The fraction of sp³-hybridized carbons (Fsp3) is 0.609. The summed E-state index contributed by atoms with van der Waals surface area (Å²) < 4.78 is 8.02. The maximum absolute atomic E-state index is 12.8. The van der Waals surface area contributed by atoms with Crippen molar-refractivity contribution in [1.82, 2.24) is 24.8 Å². The van der Waals surface area contributed by atoms with E-state index in [0.717, 1.165) is 50.5 Å². The Hall–Kier alpha value is -2.41. The van der Waals surface area contributed by atoms with Crippen LogP contribution in [0.15, 0.2) is 37.1 Å². The van der Waals surface area contributed by atoms with Gasteiger partial charge in [0, 0.05) is 56.7 Å². The van der Waals surface area contributed by atoms with Gasteiger partial charge in [-0.25, -0.2) is 4.98 Å². The maximum atomic E-state index is 12.8. The first kappa shape index (κ1) is 22.3. The number of nitrogens with one attached hydrogen (secondary N) is 1. The van der Waals surface area contributed by atoms with Crippen LogP contribution >= 0.6 is 0 Å². The molecular formula is C23H35N5O2. The number of carbonyl (C=O) groups is 1. The van der Waals surface area contributed by atoms with Gasteiger partial charge in [-0.3, -0.25) is 9.78 Å². The number of amides is 1. The summed E-state index contributed by atoms with van der Waals surface area (Å²) in [5.41, 5.74) is 0.980. The summed E-state index contributed by atoms with van der Waals surface area (Å²) >= 11 is 0. The number of hydrogen-bond donors (Lipinski definition) is 1. The van der Waals surface area contributed by atoms with E-state index in [4.69, 9.17) is 4.74 Å². The summed E-state index contributed by atoms with van der Waals surface area (Å²) in [6, 6.07) is 3.92. The van der Waals surface area contributed by atoms with E-state index in [1.807, 2.05) is 29.8 Å². The summed E-state index contributed by atoms with van der Waals surface area (Å²) in [5.74, 6) is 1.87. The predicted molar refractivity (Wildman–Crippen MR) is 117 cm³/mol. The molecule has 0 bridgehead atoms. The number of nitrogens with zero attached hydrogens (tertiary/aromatic N) is 4. The zero-order valence-corrected chi connectivity index (χ0v) is 18.5. The van der Waals surface area contributed by atoms with E-state index in [9.17, 15) is 4.79 Å². The Kier molecular flexibility index (Phi) is 8.25. The second-order valence-corrected chi connectivity index (χ2v) is 8.80. The predicted octanol–water partition coefficient (Wildman–Crippen LogP) is 2.77. The van der Waals surface area contributed by atoms with Gasteiger partial charge < -0.3 is 19.5 Å². The molecular weight excluding hydrogens is 378 g/mol. The fourth-order valence-corrected chi connectivity index (χ4v) is 4.07. The van der Waals surface area contributed by atoms with Gasteiger partial charge in [-0.15, -0.1) is 0 Å². The molecule has 7 heteroatoms. The number of hydrogen-bond acceptors (Lipinski definition) is 5. The average molecular weight is 414 g/mol. The van der Waals surface area contributed by atoms with Gasteiger partial charge in [0.15, 0.2) is 0 Å². The summed E-state index contributed by atoms with van der Waals surface area (Å²) in [6.45, 7) is 11.4. The van der Waals surface area contributed by atoms with Gasteiger partial charge in [0.2, 0.25) is 5.91 Å². The molecule has 0 radical (unpaired) electrons. The Balaban J connectivity index is 1.49. The van der Waals surface area contributed by atoms with E-state index in [0.29, 0.717) is 25.0 Å². The lowest BCUT2D eigenvalue weighted by Gasteiger charge is -2.37. The Morgan fingerprint density at radius 1 is 1.33 bits per heavy atom. The van der Waals surface area contributed by atoms with Crippen LogP contribution in [0.2, 0.25) is 0 Å². The van der Waals surface area contributed by atoms with E-state index in [2.05, 4.69) is 34.0 Å². The topological polar surface area (TPSA) is 72.3 Å². The van der Waals surface area contributed by atoms with Crippen molar-refractivity contribution in [2.24, 2.45) is 17.8 Å². The van der Waals surface area contributed by atoms with Crippen molar-refractivity contribution in [1.29, 1.82) is 0 Å². The molecule has 0 spiro atoms. The summed E-state index contributed by atoms with van der Waals surface area (Å²) in [7, 11) is 0. The number of likely N-dealkylation sites (tertiary alicyclic amines) is 1. The zero-order chi connectivity index (χ0) is 21.3. The maximum Gasteiger partial charge on any atom is 0.224 e. The molecule has 2 atom stereocenters. The molecule has 30 heavy (non-hydrogen) atoms. The minimum absolute atomic E-state index is 0.00971. The van der Waals surface area contributed by atoms with E-state index in [-0.39, 0.29) is 11.8 Å². The number of carbonyl (C=O) groups excluding carboxylic acids is 1. The third kappa shape index (κ3) is 7.13. The van der Waals surface area contributed by atoms with E-state index in [1.54, 1.807) is 18.7 Å². The molecule has 1 fully saturated rings. The van der Waals surface area contributed by atoms with Crippen LogP contribution < -0.4 is 10.1 Å². The second kappa shape index (κ2) is 11.1. The van der Waals surface area contributed by atoms with Crippen LogP contribution in [0.3, 0.4) is 0 Å². The molecule has 1 N–H and O–H groups in total. The number of ether oxygens (including phenoxy) is 1. The van der Waals surface area contributed by atoms with Crippen molar-refractivity contribution in [3.05, 3.63) is 42.7 Å². The molecule has 1 aliphatic heterocycles. The smallest absolute Gasteiger partial charge is 0.224 e. The van der Waals surface area contributed by atoms with Crippen LogP contribution in [0.5, 0.6) is 5.75 Å². The number of aromatic nitrogens is 3. The minimum Gasteiger partial charge on any atom is -0.492 e. The monoisotopic (exact) mass is 413 g/mol. The lowest BCUT2D eigenvalue weighted by atomic mass is 9.88. The van der Waals surface area contributed by atoms with Gasteiger partial charge in [-0.05, 0) is 37.8 Å². The van der Waals surface area contributed by atoms with Crippen LogP contribution in [0, 0.1) is 24.7 Å². The largest absolute Gasteiger partial charge is 0.492 e. The minimum atomic E-state index is 0.00971. The van der Waals surface area contributed by atoms with Crippen LogP contribution in [0.1, 0.15) is 32.4 Å². The highest BCUT2D eigenvalue weighted by atomic mass is 16.5. The lowest BCUT2D eigenvalue weighted by Crippen LogP contribution is -2.48. The van der Waals surface area contributed by atoms with Crippen molar-refractivity contribution in [2.75, 3.05) is 32.8 Å². The highest BCUT2D eigenvalue weighted by Gasteiger charge is 2.32. The molecule has 1 amide bonds. The van der Waals surface area contributed by atoms with E-state index < -0.39 is 0 Å². The fourth-order valence-electron chi connectivity index (χ4n) is 4.07. The van der Waals surface area contributed by atoms with Crippen molar-refractivity contribution >= 4 is 5.91 Å². The number of rotatable bonds is 10. The SMILES string of the molecule is Cc1ccc(OC[C@H]2C[C@@H](C(=O)NCCCn3ccnc3)CN(CC(C)C)C2)cn1. The number of pyridine rings is 1. The molecule has 7 nitrogen and oxygen atoms in total. The molecule has 3 rings (SSSR count). The van der Waals surface area contributed by atoms with E-state index in [1.165, 1.54) is 0 Å². The van der Waals surface area contributed by atoms with Gasteiger partial charge in [-0.1, -0.05) is 13.8 Å². The standard InChI is InChI=1S/C23H35N5O2/c1-18(2)13-28-14-20(16-30-22-6-5-19(3)26-12-22)11-21(15-28)23(29)25-7-4-9-27-10-8-24-17-27/h5-6,8,10,12,17-18,20-21H,4,7,9,11,13-16H2,1-3H3,(H,25,29)/t20-,21+/m0/s1. The number of aryl methyl sites for hydroxylation is 2. The Morgan fingerprint density at radius 2 is 2.20 bits per heavy atom. The van der Waals surface area contributed by atoms with Crippen molar-refractivity contribution in [3.8, 4) is 5.75 Å². The summed E-state index contributed by atoms with van der Waals surface area (Å²) in [4.78, 5) is 23.6. The Bertz CT molecular complexity index is 760. The first-order valence-electron chi connectivity index (χ1n) is 11.0. The lowest BCUT2D eigenvalue weighted by molar-refractivity contribution is -0.127. The number of piperidine rings is 1. The molecule has 1 saturated heterocycles. The summed E-state index contributed by atoms with van der Waals surface area (Å²) in [6.07, 6.45) is 9.06. The summed E-state index contributed by atoms with van der Waals surface area (Å²) in [5, 5.41) is 3.14. The molecule has 2 aromatic heterocycles. The molecule has 3 heterocycles. The van der Waals surface area contributed by atoms with Gasteiger partial charge >= 0.3 is 0 Å². The quantitative estimate of drug-likeness (QED) is 0.607. The average Bonchev–Trinajstić information content (AvgIpc) is 3.23. The molecule has 0 saturated carbocycles. The van der Waals surface area contributed by atoms with Gasteiger partial charge in [0.25, 0.3) is 0 Å². The normalized spacial score (nSPS) is 19.7. The van der Waals surface area contributed by atoms with Crippen LogP contribution in [0.25, 0.3) is 0 Å². The number of imidazole rings is 1. The van der Waals surface area contributed by atoms with Gasteiger partial charge in [0.1, 0.15) is 5.75 Å². The van der Waals surface area contributed by atoms with E-state index >= 15 is 0 Å². The molecule has 0 unspecified atom stereocenters. The van der Waals surface area contributed by atoms with Crippen LogP contribution in [-0.2, 0) is 11.3 Å². The highest BCUT2D eigenvalue weighted by Crippen LogP contribution is 2.24. The van der Waals surface area contributed by atoms with Gasteiger partial charge in [0.05, 0.1) is 25.0 Å². The Morgan fingerprint density at radius 3 is 2.90 bits per heavy atom. The van der Waals surface area contributed by atoms with Crippen LogP contribution in [0.4, 0.5) is 0 Å². The highest BCUT2D eigenvalue weighted by molar-refractivity contribution is 5.79. The molecule has 0 aromatic carbocycles. The molecule has 1 aliphatic rings. The third-order valence-electron chi connectivity index (χ3n) is 5.43. The Labute approximate surface area is 179 Å². The first-order chi connectivity index (χ1) is 14.5. The van der Waals surface area contributed by atoms with Crippen molar-refractivity contribution in [2.45, 2.75) is 40.2 Å². The zero-order valence-electron chi connectivity index (χ0n) is 18.5. The molecule has 2 aromatic rings. The van der Waals surface area contributed by atoms with Crippen molar-refractivity contribution in [3.63, 3.8) is 0 Å².